The molecule has 1 aliphatic carbocycles. The van der Waals surface area contributed by atoms with Crippen molar-refractivity contribution < 1.29 is 4.79 Å². The molecule has 2 saturated heterocycles. The van der Waals surface area contributed by atoms with Crippen LogP contribution in [-0.2, 0) is 4.79 Å². The lowest BCUT2D eigenvalue weighted by atomic mass is 9.94. The average molecular weight is 339 g/mol. The van der Waals surface area contributed by atoms with Gasteiger partial charge in [0.1, 0.15) is 11.4 Å². The highest BCUT2D eigenvalue weighted by atomic mass is 32.2. The summed E-state index contributed by atoms with van der Waals surface area (Å²) in [6.45, 7) is 0. The Bertz CT molecular complexity index is 553. The van der Waals surface area contributed by atoms with Crippen LogP contribution in [0.5, 0.6) is 0 Å². The number of thioether (sulfide) groups is 1. The van der Waals surface area contributed by atoms with Crippen LogP contribution >= 0.6 is 35.3 Å². The van der Waals surface area contributed by atoms with Crippen molar-refractivity contribution in [2.75, 3.05) is 5.75 Å². The molecular formula is C15H18N2OS3. The van der Waals surface area contributed by atoms with Gasteiger partial charge in [-0.15, -0.1) is 11.8 Å². The molecule has 0 spiro atoms. The van der Waals surface area contributed by atoms with Gasteiger partial charge in [-0.25, -0.2) is 0 Å². The van der Waals surface area contributed by atoms with Gasteiger partial charge in [-0.1, -0.05) is 19.3 Å². The molecule has 0 radical (unpaired) electrons. The number of hydrogen-bond acceptors (Lipinski definition) is 4. The maximum Gasteiger partial charge on any atom is 0.252 e. The number of fused-ring (bicyclic) bond motifs is 1. The standard InChI is InChI=1S/C15H18N2OS3/c18-13-12-9-21-14(10-6-7-20-8-10)17(12)15(19)16(13)11-4-2-1-3-5-11/h6-8,11-12,14H,1-5,9H2/t12-,14?/m0/s1. The summed E-state index contributed by atoms with van der Waals surface area (Å²) >= 11 is 9.26. The van der Waals surface area contributed by atoms with Gasteiger partial charge in [0.05, 0.1) is 0 Å². The second kappa shape index (κ2) is 5.56. The maximum absolute atomic E-state index is 12.8. The first-order valence-corrected chi connectivity index (χ1v) is 9.96. The molecule has 3 nitrogen and oxygen atoms in total. The zero-order valence-corrected chi connectivity index (χ0v) is 14.2. The van der Waals surface area contributed by atoms with E-state index < -0.39 is 0 Å². The molecule has 1 saturated carbocycles. The molecule has 4 rings (SSSR count). The molecule has 2 aliphatic heterocycles. The van der Waals surface area contributed by atoms with Crippen molar-refractivity contribution in [3.05, 3.63) is 22.4 Å². The summed E-state index contributed by atoms with van der Waals surface area (Å²) in [5.41, 5.74) is 1.29. The summed E-state index contributed by atoms with van der Waals surface area (Å²) in [5.74, 6) is 1.11. The van der Waals surface area contributed by atoms with Crippen LogP contribution in [0.2, 0.25) is 0 Å². The van der Waals surface area contributed by atoms with E-state index in [9.17, 15) is 4.79 Å². The lowest BCUT2D eigenvalue weighted by Crippen LogP contribution is -2.42. The number of rotatable bonds is 2. The van der Waals surface area contributed by atoms with Crippen LogP contribution in [0.25, 0.3) is 0 Å². The number of amides is 1. The van der Waals surface area contributed by atoms with Crippen molar-refractivity contribution in [3.63, 3.8) is 0 Å². The molecule has 1 aromatic heterocycles. The number of carbonyl (C=O) groups excluding carboxylic acids is 1. The van der Waals surface area contributed by atoms with E-state index in [1.807, 2.05) is 16.7 Å². The zero-order valence-electron chi connectivity index (χ0n) is 11.7. The molecule has 1 unspecified atom stereocenters. The Kier molecular flexibility index (Phi) is 3.71. The van der Waals surface area contributed by atoms with E-state index in [0.29, 0.717) is 6.04 Å². The summed E-state index contributed by atoms with van der Waals surface area (Å²) in [5, 5.41) is 5.28. The molecule has 3 fully saturated rings. The number of thiophene rings is 1. The van der Waals surface area contributed by atoms with Gasteiger partial charge in [0.25, 0.3) is 5.91 Å². The third-order valence-electron chi connectivity index (χ3n) is 4.72. The third-order valence-corrected chi connectivity index (χ3v) is 7.15. The molecule has 3 heterocycles. The first-order chi connectivity index (χ1) is 10.3. The summed E-state index contributed by atoms with van der Waals surface area (Å²) in [7, 11) is 0. The lowest BCUT2D eigenvalue weighted by Gasteiger charge is -2.32. The van der Waals surface area contributed by atoms with Gasteiger partial charge in [-0.05, 0) is 47.4 Å². The molecule has 1 aromatic rings. The van der Waals surface area contributed by atoms with Gasteiger partial charge >= 0.3 is 0 Å². The Labute approximate surface area is 138 Å². The quantitative estimate of drug-likeness (QED) is 0.769. The number of hydrogen-bond donors (Lipinski definition) is 0. The topological polar surface area (TPSA) is 23.6 Å². The minimum atomic E-state index is -0.0330. The Balaban J connectivity index is 1.61. The third kappa shape index (κ3) is 2.23. The molecule has 6 heteroatoms. The minimum absolute atomic E-state index is 0.0330. The highest BCUT2D eigenvalue weighted by Gasteiger charge is 2.52. The Morgan fingerprint density at radius 3 is 2.76 bits per heavy atom. The normalized spacial score (nSPS) is 30.3. The van der Waals surface area contributed by atoms with E-state index in [1.165, 1.54) is 24.8 Å². The van der Waals surface area contributed by atoms with Crippen LogP contribution in [0.1, 0.15) is 43.0 Å². The summed E-state index contributed by atoms with van der Waals surface area (Å²) < 4.78 is 0. The largest absolute Gasteiger partial charge is 0.320 e. The Morgan fingerprint density at radius 1 is 1.24 bits per heavy atom. The van der Waals surface area contributed by atoms with Gasteiger partial charge in [0.2, 0.25) is 0 Å². The minimum Gasteiger partial charge on any atom is -0.320 e. The van der Waals surface area contributed by atoms with Gasteiger partial charge in [-0.2, -0.15) is 11.3 Å². The van der Waals surface area contributed by atoms with Crippen LogP contribution in [0, 0.1) is 0 Å². The fourth-order valence-electron chi connectivity index (χ4n) is 3.66. The van der Waals surface area contributed by atoms with Crippen molar-refractivity contribution in [2.45, 2.75) is 49.6 Å². The van der Waals surface area contributed by atoms with E-state index in [2.05, 4.69) is 21.7 Å². The van der Waals surface area contributed by atoms with Crippen LogP contribution in [0.3, 0.4) is 0 Å². The number of carbonyl (C=O) groups is 1. The number of thiocarbonyl (C=S) groups is 1. The summed E-state index contributed by atoms with van der Waals surface area (Å²) in [6.07, 6.45) is 5.98. The molecule has 21 heavy (non-hydrogen) atoms. The predicted molar refractivity (Wildman–Crippen MR) is 91.5 cm³/mol. The second-order valence-electron chi connectivity index (χ2n) is 5.95. The van der Waals surface area contributed by atoms with Gasteiger partial charge in [0.15, 0.2) is 5.11 Å². The molecule has 0 aromatic carbocycles. The zero-order chi connectivity index (χ0) is 14.4. The fourth-order valence-corrected chi connectivity index (χ4v) is 6.37. The van der Waals surface area contributed by atoms with Crippen LogP contribution in [-0.4, -0.2) is 38.7 Å². The summed E-state index contributed by atoms with van der Waals surface area (Å²) in [4.78, 5) is 16.9. The van der Waals surface area contributed by atoms with Crippen molar-refractivity contribution in [1.29, 1.82) is 0 Å². The van der Waals surface area contributed by atoms with Crippen LogP contribution < -0.4 is 0 Å². The summed E-state index contributed by atoms with van der Waals surface area (Å²) in [6, 6.07) is 2.47. The average Bonchev–Trinajstić information content (AvgIpc) is 3.20. The van der Waals surface area contributed by atoms with E-state index >= 15 is 0 Å². The van der Waals surface area contributed by atoms with E-state index in [-0.39, 0.29) is 17.3 Å². The highest BCUT2D eigenvalue weighted by molar-refractivity contribution is 7.99. The molecule has 0 N–H and O–H groups in total. The smallest absolute Gasteiger partial charge is 0.252 e. The van der Waals surface area contributed by atoms with Crippen molar-refractivity contribution in [2.24, 2.45) is 0 Å². The van der Waals surface area contributed by atoms with E-state index in [4.69, 9.17) is 12.2 Å². The number of nitrogens with zero attached hydrogens (tertiary/aromatic N) is 2. The van der Waals surface area contributed by atoms with Crippen LogP contribution in [0.15, 0.2) is 16.8 Å². The highest BCUT2D eigenvalue weighted by Crippen LogP contribution is 2.46. The molecule has 0 bridgehead atoms. The monoisotopic (exact) mass is 338 g/mol. The molecular weight excluding hydrogens is 320 g/mol. The first kappa shape index (κ1) is 14.0. The van der Waals surface area contributed by atoms with Gasteiger partial charge < -0.3 is 4.90 Å². The van der Waals surface area contributed by atoms with Crippen molar-refractivity contribution in [1.82, 2.24) is 9.80 Å². The lowest BCUT2D eigenvalue weighted by molar-refractivity contribution is -0.129. The fraction of sp³-hybridized carbons (Fsp3) is 0.600. The van der Waals surface area contributed by atoms with E-state index in [0.717, 1.165) is 23.7 Å². The second-order valence-corrected chi connectivity index (χ2v) is 8.21. The van der Waals surface area contributed by atoms with E-state index in [1.54, 1.807) is 11.3 Å². The van der Waals surface area contributed by atoms with Gasteiger partial charge in [-0.3, -0.25) is 9.69 Å². The SMILES string of the molecule is O=C1[C@@H]2CSC(c3ccsc3)N2C(=S)N1C1CCCCC1. The first-order valence-electron chi connectivity index (χ1n) is 7.56. The Morgan fingerprint density at radius 2 is 2.05 bits per heavy atom. The Hall–Kier alpha value is -0.590. The predicted octanol–water partition coefficient (Wildman–Crippen LogP) is 3.62. The van der Waals surface area contributed by atoms with Crippen molar-refractivity contribution >= 4 is 46.3 Å². The van der Waals surface area contributed by atoms with Gasteiger partial charge in [0, 0.05) is 11.8 Å². The molecule has 1 amide bonds. The molecule has 112 valence electrons. The van der Waals surface area contributed by atoms with Crippen molar-refractivity contribution in [3.8, 4) is 0 Å². The van der Waals surface area contributed by atoms with Crippen LogP contribution in [0.4, 0.5) is 0 Å². The maximum atomic E-state index is 12.8. The molecule has 3 aliphatic rings. The molecule has 2 atom stereocenters.